The van der Waals surface area contributed by atoms with E-state index in [0.29, 0.717) is 11.5 Å². The number of rotatable bonds is 3. The fourth-order valence-corrected chi connectivity index (χ4v) is 2.25. The molecule has 4 nitrogen and oxygen atoms in total. The van der Waals surface area contributed by atoms with E-state index in [9.17, 15) is 4.79 Å². The van der Waals surface area contributed by atoms with Gasteiger partial charge in [0.05, 0.1) is 6.04 Å². The Kier molecular flexibility index (Phi) is 5.17. The molecule has 0 spiro atoms. The number of para-hydroxylation sites is 1. The average Bonchev–Trinajstić information content (AvgIpc) is 2.55. The number of nitrogens with two attached hydrogens (primary N) is 1. The van der Waals surface area contributed by atoms with Crippen molar-refractivity contribution in [1.82, 2.24) is 0 Å². The Labute approximate surface area is 130 Å². The van der Waals surface area contributed by atoms with Crippen molar-refractivity contribution in [3.63, 3.8) is 0 Å². The summed E-state index contributed by atoms with van der Waals surface area (Å²) in [6, 6.07) is 12.9. The molecule has 2 N–H and O–H groups in total. The Morgan fingerprint density at radius 1 is 1.14 bits per heavy atom. The van der Waals surface area contributed by atoms with Crippen molar-refractivity contribution in [2.24, 2.45) is 5.73 Å². The molecule has 1 atom stereocenters. The second-order valence-corrected chi connectivity index (χ2v) is 4.81. The lowest BCUT2D eigenvalue weighted by Crippen LogP contribution is -2.17. The minimum Gasteiger partial charge on any atom is -0.486 e. The molecule has 2 aromatic rings. The van der Waals surface area contributed by atoms with Gasteiger partial charge in [0.2, 0.25) is 0 Å². The van der Waals surface area contributed by atoms with Crippen LogP contribution in [-0.4, -0.2) is 12.4 Å². The Hall–Kier alpha value is -2.33. The number of benzene rings is 2. The highest BCUT2D eigenvalue weighted by Gasteiger charge is 2.24. The molecule has 2 aromatic carbocycles. The fraction of sp³-hybridized carbons (Fsp3) is 0.278. The third kappa shape index (κ3) is 3.28. The van der Waals surface area contributed by atoms with Crippen molar-refractivity contribution in [2.45, 2.75) is 26.8 Å². The number of carbonyl (C=O) groups excluding carboxylic acids is 1. The first-order valence-corrected chi connectivity index (χ1v) is 7.43. The first-order valence-electron chi connectivity index (χ1n) is 7.43. The first kappa shape index (κ1) is 16.0. The van der Waals surface area contributed by atoms with E-state index in [1.807, 2.05) is 44.2 Å². The second-order valence-electron chi connectivity index (χ2n) is 4.81. The van der Waals surface area contributed by atoms with Crippen molar-refractivity contribution in [2.75, 3.05) is 6.61 Å². The molecule has 1 heterocycles. The normalized spacial score (nSPS) is 14.6. The SMILES string of the molecule is CC.CC(=O)COc1ccc2c(c1)Oc1ccccc1C2N. The first-order chi connectivity index (χ1) is 10.6. The number of ketones is 1. The van der Waals surface area contributed by atoms with E-state index in [1.54, 1.807) is 12.1 Å². The summed E-state index contributed by atoms with van der Waals surface area (Å²) in [5.41, 5.74) is 8.14. The number of carbonyl (C=O) groups is 1. The maximum atomic E-state index is 10.9. The maximum Gasteiger partial charge on any atom is 0.167 e. The monoisotopic (exact) mass is 299 g/mol. The lowest BCUT2D eigenvalue weighted by atomic mass is 9.95. The van der Waals surface area contributed by atoms with Crippen LogP contribution in [0.3, 0.4) is 0 Å². The van der Waals surface area contributed by atoms with Crippen LogP contribution < -0.4 is 15.2 Å². The van der Waals surface area contributed by atoms with E-state index in [2.05, 4.69) is 0 Å². The smallest absolute Gasteiger partial charge is 0.167 e. The average molecular weight is 299 g/mol. The van der Waals surface area contributed by atoms with Crippen LogP contribution >= 0.6 is 0 Å². The standard InChI is InChI=1S/C16H15NO3.C2H6/c1-10(18)9-19-11-6-7-13-15(8-11)20-14-5-3-2-4-12(14)16(13)17;1-2/h2-8,16H,9,17H2,1H3;1-2H3. The third-order valence-corrected chi connectivity index (χ3v) is 3.24. The number of hydrogen-bond donors (Lipinski definition) is 1. The quantitative estimate of drug-likeness (QED) is 0.935. The van der Waals surface area contributed by atoms with Crippen LogP contribution in [0.25, 0.3) is 0 Å². The highest BCUT2D eigenvalue weighted by atomic mass is 16.5. The van der Waals surface area contributed by atoms with Gasteiger partial charge in [0, 0.05) is 17.2 Å². The van der Waals surface area contributed by atoms with Gasteiger partial charge in [-0.1, -0.05) is 32.0 Å². The van der Waals surface area contributed by atoms with Crippen molar-refractivity contribution in [3.8, 4) is 17.2 Å². The van der Waals surface area contributed by atoms with E-state index in [-0.39, 0.29) is 18.4 Å². The molecule has 4 heteroatoms. The van der Waals surface area contributed by atoms with E-state index >= 15 is 0 Å². The van der Waals surface area contributed by atoms with Crippen LogP contribution in [0.4, 0.5) is 0 Å². The van der Waals surface area contributed by atoms with Crippen LogP contribution in [0.5, 0.6) is 17.2 Å². The van der Waals surface area contributed by atoms with Gasteiger partial charge in [-0.3, -0.25) is 4.79 Å². The van der Waals surface area contributed by atoms with Crippen LogP contribution in [0, 0.1) is 0 Å². The fourth-order valence-electron chi connectivity index (χ4n) is 2.25. The summed E-state index contributed by atoms with van der Waals surface area (Å²) in [7, 11) is 0. The summed E-state index contributed by atoms with van der Waals surface area (Å²) in [5, 5.41) is 0. The lowest BCUT2D eigenvalue weighted by molar-refractivity contribution is -0.118. The summed E-state index contributed by atoms with van der Waals surface area (Å²) in [5.74, 6) is 2.02. The molecule has 0 saturated carbocycles. The summed E-state index contributed by atoms with van der Waals surface area (Å²) < 4.78 is 11.2. The summed E-state index contributed by atoms with van der Waals surface area (Å²) in [6.45, 7) is 5.54. The minimum absolute atomic E-state index is 0.0225. The van der Waals surface area contributed by atoms with E-state index in [4.69, 9.17) is 15.2 Å². The van der Waals surface area contributed by atoms with Gasteiger partial charge in [-0.05, 0) is 25.1 Å². The highest BCUT2D eigenvalue weighted by molar-refractivity contribution is 5.77. The topological polar surface area (TPSA) is 61.5 Å². The zero-order valence-corrected chi connectivity index (χ0v) is 13.1. The van der Waals surface area contributed by atoms with Gasteiger partial charge in [0.1, 0.15) is 23.9 Å². The summed E-state index contributed by atoms with van der Waals surface area (Å²) in [4.78, 5) is 10.9. The zero-order chi connectivity index (χ0) is 16.1. The Bertz CT molecular complexity index is 667. The van der Waals surface area contributed by atoms with Crippen molar-refractivity contribution >= 4 is 5.78 Å². The molecule has 0 saturated heterocycles. The van der Waals surface area contributed by atoms with Gasteiger partial charge in [0.25, 0.3) is 0 Å². The molecule has 116 valence electrons. The van der Waals surface area contributed by atoms with E-state index in [0.717, 1.165) is 16.9 Å². The van der Waals surface area contributed by atoms with Crippen LogP contribution in [0.15, 0.2) is 42.5 Å². The molecule has 0 amide bonds. The van der Waals surface area contributed by atoms with Gasteiger partial charge in [-0.2, -0.15) is 0 Å². The Morgan fingerprint density at radius 2 is 1.82 bits per heavy atom. The second kappa shape index (κ2) is 7.09. The molecular formula is C18H21NO3. The van der Waals surface area contributed by atoms with Gasteiger partial charge in [0.15, 0.2) is 5.78 Å². The largest absolute Gasteiger partial charge is 0.486 e. The van der Waals surface area contributed by atoms with Crippen LogP contribution in [0.2, 0.25) is 0 Å². The van der Waals surface area contributed by atoms with Crippen LogP contribution in [0.1, 0.15) is 37.9 Å². The summed E-state index contributed by atoms with van der Waals surface area (Å²) >= 11 is 0. The van der Waals surface area contributed by atoms with Crippen molar-refractivity contribution in [3.05, 3.63) is 53.6 Å². The molecule has 0 aromatic heterocycles. The van der Waals surface area contributed by atoms with E-state index in [1.165, 1.54) is 6.92 Å². The predicted molar refractivity (Wildman–Crippen MR) is 86.5 cm³/mol. The van der Waals surface area contributed by atoms with Crippen molar-refractivity contribution < 1.29 is 14.3 Å². The molecule has 0 aliphatic carbocycles. The minimum atomic E-state index is -0.211. The van der Waals surface area contributed by atoms with Gasteiger partial charge in [-0.25, -0.2) is 0 Å². The lowest BCUT2D eigenvalue weighted by Gasteiger charge is -2.25. The zero-order valence-electron chi connectivity index (χ0n) is 13.1. The van der Waals surface area contributed by atoms with Gasteiger partial charge >= 0.3 is 0 Å². The predicted octanol–water partition coefficient (Wildman–Crippen LogP) is 3.83. The highest BCUT2D eigenvalue weighted by Crippen LogP contribution is 2.42. The molecule has 0 bridgehead atoms. The number of fused-ring (bicyclic) bond motifs is 2. The maximum absolute atomic E-state index is 10.9. The summed E-state index contributed by atoms with van der Waals surface area (Å²) in [6.07, 6.45) is 0. The van der Waals surface area contributed by atoms with Crippen molar-refractivity contribution in [1.29, 1.82) is 0 Å². The van der Waals surface area contributed by atoms with Gasteiger partial charge in [-0.15, -0.1) is 0 Å². The molecule has 1 aliphatic rings. The molecule has 3 rings (SSSR count). The molecule has 22 heavy (non-hydrogen) atoms. The number of hydrogen-bond acceptors (Lipinski definition) is 4. The molecular weight excluding hydrogens is 278 g/mol. The Morgan fingerprint density at radius 3 is 2.55 bits per heavy atom. The van der Waals surface area contributed by atoms with Crippen LogP contribution in [-0.2, 0) is 4.79 Å². The van der Waals surface area contributed by atoms with E-state index < -0.39 is 0 Å². The molecule has 0 fully saturated rings. The molecule has 1 aliphatic heterocycles. The van der Waals surface area contributed by atoms with Gasteiger partial charge < -0.3 is 15.2 Å². The Balaban J connectivity index is 0.000000847. The number of ether oxygens (including phenoxy) is 2. The third-order valence-electron chi connectivity index (χ3n) is 3.24. The molecule has 0 radical (unpaired) electrons. The molecule has 1 unspecified atom stereocenters. The number of Topliss-reactive ketones (excluding diaryl/α,β-unsaturated/α-hetero) is 1.